The van der Waals surface area contributed by atoms with Gasteiger partial charge in [-0.15, -0.1) is 10.0 Å². The molecule has 2 aromatic heterocycles. The molecule has 8 aromatic rings. The highest BCUT2D eigenvalue weighted by molar-refractivity contribution is 8.34. The molecule has 0 saturated heterocycles. The molecule has 4 heteroatoms. The van der Waals surface area contributed by atoms with E-state index in [1.54, 1.807) is 0 Å². The molecule has 0 fully saturated rings. The largest absolute Gasteiger partial charge is 0.278 e. The average molecular weight is 546 g/mol. The van der Waals surface area contributed by atoms with E-state index in [9.17, 15) is 0 Å². The van der Waals surface area contributed by atoms with Gasteiger partial charge in [0.05, 0.1) is 27.8 Å². The molecule has 0 N–H and O–H groups in total. The van der Waals surface area contributed by atoms with Crippen molar-refractivity contribution in [3.05, 3.63) is 164 Å². The van der Waals surface area contributed by atoms with Crippen molar-refractivity contribution in [3.63, 3.8) is 0 Å². The lowest BCUT2D eigenvalue weighted by atomic mass is 10.2. The second-order valence-electron chi connectivity index (χ2n) is 10.1. The SMILES string of the molecule is c1ccc(S(c2ccccc2)(c2ccccc2)c2cccc(-n3c4ccccc4n4c5ccccc5nc34)c2)cc1. The number of hydrogen-bond acceptors (Lipinski definition) is 1. The number of rotatable bonds is 5. The van der Waals surface area contributed by atoms with Crippen LogP contribution in [-0.4, -0.2) is 14.0 Å². The first-order valence-electron chi connectivity index (χ1n) is 13.8. The topological polar surface area (TPSA) is 22.2 Å². The van der Waals surface area contributed by atoms with Crippen LogP contribution >= 0.6 is 10.0 Å². The highest BCUT2D eigenvalue weighted by Gasteiger charge is 2.33. The Balaban J connectivity index is 1.47. The Morgan fingerprint density at radius 2 is 0.902 bits per heavy atom. The summed E-state index contributed by atoms with van der Waals surface area (Å²) < 4.78 is 4.59. The van der Waals surface area contributed by atoms with E-state index in [4.69, 9.17) is 4.98 Å². The van der Waals surface area contributed by atoms with Gasteiger partial charge in [0.15, 0.2) is 0 Å². The molecule has 6 aromatic carbocycles. The first kappa shape index (κ1) is 23.8. The summed E-state index contributed by atoms with van der Waals surface area (Å²) in [6.07, 6.45) is 0. The maximum Gasteiger partial charge on any atom is 0.220 e. The molecule has 41 heavy (non-hydrogen) atoms. The molecular formula is C37H27N3S. The number of fused-ring (bicyclic) bond motifs is 5. The van der Waals surface area contributed by atoms with Crippen molar-refractivity contribution in [2.24, 2.45) is 0 Å². The highest BCUT2D eigenvalue weighted by Crippen LogP contribution is 2.73. The minimum atomic E-state index is -1.80. The zero-order valence-electron chi connectivity index (χ0n) is 22.3. The number of para-hydroxylation sites is 4. The van der Waals surface area contributed by atoms with Crippen LogP contribution in [0.3, 0.4) is 0 Å². The second kappa shape index (κ2) is 9.54. The molecule has 0 spiro atoms. The molecule has 0 radical (unpaired) electrons. The normalized spacial score (nSPS) is 12.3. The fourth-order valence-corrected chi connectivity index (χ4v) is 10.0. The van der Waals surface area contributed by atoms with E-state index >= 15 is 0 Å². The Morgan fingerprint density at radius 1 is 0.415 bits per heavy atom. The van der Waals surface area contributed by atoms with Crippen LogP contribution in [0.15, 0.2) is 183 Å². The van der Waals surface area contributed by atoms with Crippen LogP contribution in [0.2, 0.25) is 0 Å². The van der Waals surface area contributed by atoms with Gasteiger partial charge in [0.1, 0.15) is 0 Å². The average Bonchev–Trinajstić information content (AvgIpc) is 3.58. The summed E-state index contributed by atoms with van der Waals surface area (Å²) in [7, 11) is -1.80. The number of aromatic nitrogens is 3. The van der Waals surface area contributed by atoms with E-state index in [1.165, 1.54) is 19.6 Å². The lowest BCUT2D eigenvalue weighted by Gasteiger charge is -2.42. The van der Waals surface area contributed by atoms with E-state index in [2.05, 4.69) is 173 Å². The molecule has 196 valence electrons. The molecule has 0 aliphatic heterocycles. The number of benzene rings is 6. The molecule has 0 bridgehead atoms. The Morgan fingerprint density at radius 3 is 1.51 bits per heavy atom. The van der Waals surface area contributed by atoms with Gasteiger partial charge in [-0.2, -0.15) is 0 Å². The molecule has 0 saturated carbocycles. The van der Waals surface area contributed by atoms with Crippen molar-refractivity contribution in [1.29, 1.82) is 0 Å². The van der Waals surface area contributed by atoms with Crippen molar-refractivity contribution in [1.82, 2.24) is 14.0 Å². The van der Waals surface area contributed by atoms with Gasteiger partial charge in [-0.1, -0.05) is 84.9 Å². The van der Waals surface area contributed by atoms with Gasteiger partial charge in [0.2, 0.25) is 5.78 Å². The fourth-order valence-electron chi connectivity index (χ4n) is 6.11. The van der Waals surface area contributed by atoms with Crippen molar-refractivity contribution in [2.45, 2.75) is 19.6 Å². The van der Waals surface area contributed by atoms with Crippen LogP contribution < -0.4 is 0 Å². The van der Waals surface area contributed by atoms with Gasteiger partial charge in [0.25, 0.3) is 0 Å². The third-order valence-corrected chi connectivity index (χ3v) is 11.7. The van der Waals surface area contributed by atoms with Crippen LogP contribution in [0.25, 0.3) is 33.5 Å². The van der Waals surface area contributed by atoms with Crippen molar-refractivity contribution in [3.8, 4) is 5.69 Å². The summed E-state index contributed by atoms with van der Waals surface area (Å²) in [6.45, 7) is 0. The minimum absolute atomic E-state index is 0.921. The molecule has 0 atom stereocenters. The van der Waals surface area contributed by atoms with Gasteiger partial charge in [0, 0.05) is 19.6 Å². The van der Waals surface area contributed by atoms with Crippen molar-refractivity contribution in [2.75, 3.05) is 0 Å². The summed E-state index contributed by atoms with van der Waals surface area (Å²) in [4.78, 5) is 10.3. The minimum Gasteiger partial charge on any atom is -0.278 e. The third kappa shape index (κ3) is 3.58. The van der Waals surface area contributed by atoms with E-state index in [1.807, 2.05) is 0 Å². The molecule has 0 amide bonds. The van der Waals surface area contributed by atoms with Gasteiger partial charge in [-0.25, -0.2) is 4.98 Å². The second-order valence-corrected chi connectivity index (χ2v) is 13.2. The van der Waals surface area contributed by atoms with Crippen LogP contribution in [0, 0.1) is 0 Å². The zero-order chi connectivity index (χ0) is 27.2. The summed E-state index contributed by atoms with van der Waals surface area (Å²) in [5.41, 5.74) is 5.50. The monoisotopic (exact) mass is 545 g/mol. The Hall–Kier alpha value is -5.06. The quantitative estimate of drug-likeness (QED) is 0.211. The lowest BCUT2D eigenvalue weighted by molar-refractivity contribution is 1.09. The van der Waals surface area contributed by atoms with Crippen molar-refractivity contribution >= 4 is 37.9 Å². The third-order valence-electron chi connectivity index (χ3n) is 7.83. The van der Waals surface area contributed by atoms with Crippen LogP contribution in [0.4, 0.5) is 0 Å². The van der Waals surface area contributed by atoms with E-state index in [0.29, 0.717) is 0 Å². The molecule has 0 aliphatic carbocycles. The standard InChI is InChI=1S/C37H27N3S/c1-4-16-29(17-5-1)41(30-18-6-2-7-19-30,31-20-8-3-9-21-31)32-22-14-15-28(27-32)39-35-25-12-13-26-36(35)40-34-24-11-10-23-33(34)38-37(39)40/h1-27H. The summed E-state index contributed by atoms with van der Waals surface area (Å²) in [5, 5.41) is 0. The van der Waals surface area contributed by atoms with Gasteiger partial charge in [-0.05, 0) is 78.9 Å². The lowest BCUT2D eigenvalue weighted by Crippen LogP contribution is -2.06. The molecule has 8 rings (SSSR count). The molecular weight excluding hydrogens is 518 g/mol. The number of hydrogen-bond donors (Lipinski definition) is 0. The summed E-state index contributed by atoms with van der Waals surface area (Å²) >= 11 is 0. The van der Waals surface area contributed by atoms with Crippen LogP contribution in [0.5, 0.6) is 0 Å². The first-order chi connectivity index (χ1) is 20.4. The van der Waals surface area contributed by atoms with E-state index in [0.717, 1.165) is 33.5 Å². The van der Waals surface area contributed by atoms with Gasteiger partial charge < -0.3 is 0 Å². The summed E-state index contributed by atoms with van der Waals surface area (Å²) in [5.74, 6) is 0.921. The highest BCUT2D eigenvalue weighted by atomic mass is 32.3. The zero-order valence-corrected chi connectivity index (χ0v) is 23.2. The summed E-state index contributed by atoms with van der Waals surface area (Å²) in [6, 6.07) is 59.0. The predicted molar refractivity (Wildman–Crippen MR) is 170 cm³/mol. The Labute approximate surface area is 240 Å². The molecule has 2 heterocycles. The van der Waals surface area contributed by atoms with Crippen LogP contribution in [0.1, 0.15) is 0 Å². The molecule has 0 aliphatic rings. The van der Waals surface area contributed by atoms with Crippen molar-refractivity contribution < 1.29 is 0 Å². The molecule has 0 unspecified atom stereocenters. The molecule has 3 nitrogen and oxygen atoms in total. The van der Waals surface area contributed by atoms with Gasteiger partial charge >= 0.3 is 0 Å². The van der Waals surface area contributed by atoms with Gasteiger partial charge in [-0.3, -0.25) is 8.97 Å². The fraction of sp³-hybridized carbons (Fsp3) is 0. The van der Waals surface area contributed by atoms with Crippen LogP contribution in [-0.2, 0) is 0 Å². The number of imidazole rings is 2. The maximum atomic E-state index is 5.13. The Kier molecular flexibility index (Phi) is 5.54. The first-order valence-corrected chi connectivity index (χ1v) is 15.4. The number of nitrogens with zero attached hydrogens (tertiary/aromatic N) is 3. The van der Waals surface area contributed by atoms with E-state index in [-0.39, 0.29) is 0 Å². The maximum absolute atomic E-state index is 5.13. The van der Waals surface area contributed by atoms with E-state index < -0.39 is 10.0 Å². The predicted octanol–water partition coefficient (Wildman–Crippen LogP) is 9.77. The Bertz CT molecular complexity index is 2050. The smallest absolute Gasteiger partial charge is 0.220 e.